The number of rotatable bonds is 4. The molecule has 0 bridgehead atoms. The van der Waals surface area contributed by atoms with Gasteiger partial charge in [-0.2, -0.15) is 5.53 Å². The van der Waals surface area contributed by atoms with E-state index in [1.54, 1.807) is 11.3 Å². The molecule has 0 amide bonds. The Labute approximate surface area is 169 Å². The molecule has 0 aliphatic carbocycles. The van der Waals surface area contributed by atoms with Crippen LogP contribution in [0.25, 0.3) is 21.0 Å². The molecule has 1 aliphatic heterocycles. The van der Waals surface area contributed by atoms with E-state index in [0.29, 0.717) is 24.5 Å². The molecule has 1 aliphatic rings. The molecule has 2 aromatic carbocycles. The maximum Gasteiger partial charge on any atom is 0.163 e. The minimum Gasteiger partial charge on any atom is -0.486 e. The number of nitrogens with zero attached hydrogens (tertiary/aromatic N) is 3. The number of amidine groups is 1. The summed E-state index contributed by atoms with van der Waals surface area (Å²) in [5, 5.41) is 14.1. The van der Waals surface area contributed by atoms with E-state index >= 15 is 0 Å². The van der Waals surface area contributed by atoms with Crippen molar-refractivity contribution in [3.63, 3.8) is 0 Å². The first-order chi connectivity index (χ1) is 14.2. The highest BCUT2D eigenvalue weighted by Crippen LogP contribution is 2.37. The Kier molecular flexibility index (Phi) is 4.21. The van der Waals surface area contributed by atoms with Crippen LogP contribution in [0, 0.1) is 5.53 Å². The molecule has 0 saturated heterocycles. The van der Waals surface area contributed by atoms with Crippen molar-refractivity contribution in [1.29, 1.82) is 5.53 Å². The number of fused-ring (bicyclic) bond motifs is 4. The number of anilines is 2. The van der Waals surface area contributed by atoms with Crippen LogP contribution in [0.5, 0.6) is 11.5 Å². The van der Waals surface area contributed by atoms with Crippen LogP contribution in [-0.4, -0.2) is 24.0 Å². The number of hydrogen-bond acceptors (Lipinski definition) is 7. The molecule has 0 unspecified atom stereocenters. The number of ether oxygens (including phenoxy) is 2. The molecule has 0 fully saturated rings. The summed E-state index contributed by atoms with van der Waals surface area (Å²) in [6.07, 6.45) is 0. The molecule has 2 aromatic heterocycles. The average Bonchev–Trinajstić information content (AvgIpc) is 3.24. The molecule has 5 rings (SSSR count). The Bertz CT molecular complexity index is 1280. The van der Waals surface area contributed by atoms with E-state index in [-0.39, 0.29) is 5.84 Å². The summed E-state index contributed by atoms with van der Waals surface area (Å²) in [6, 6.07) is 13.5. The molecule has 0 spiro atoms. The van der Waals surface area contributed by atoms with E-state index < -0.39 is 0 Å². The summed E-state index contributed by atoms with van der Waals surface area (Å²) >= 11 is 1.65. The number of hydrogen-bond donors (Lipinski definition) is 3. The summed E-state index contributed by atoms with van der Waals surface area (Å²) in [6.45, 7) is 1.10. The highest BCUT2D eigenvalue weighted by atomic mass is 32.1. The van der Waals surface area contributed by atoms with Gasteiger partial charge in [0.05, 0.1) is 5.52 Å². The lowest BCUT2D eigenvalue weighted by Crippen LogP contribution is -2.15. The van der Waals surface area contributed by atoms with Gasteiger partial charge in [0.25, 0.3) is 0 Å². The molecule has 0 saturated carbocycles. The molecule has 4 aromatic rings. The van der Waals surface area contributed by atoms with Crippen molar-refractivity contribution in [2.24, 2.45) is 16.1 Å². The zero-order valence-electron chi connectivity index (χ0n) is 15.2. The second-order valence-electron chi connectivity index (χ2n) is 6.42. The van der Waals surface area contributed by atoms with E-state index in [2.05, 4.69) is 21.7 Å². The molecule has 29 heavy (non-hydrogen) atoms. The van der Waals surface area contributed by atoms with Crippen molar-refractivity contribution >= 4 is 49.7 Å². The molecule has 9 heteroatoms. The smallest absolute Gasteiger partial charge is 0.163 e. The largest absolute Gasteiger partial charge is 0.486 e. The fourth-order valence-corrected chi connectivity index (χ4v) is 4.26. The van der Waals surface area contributed by atoms with Gasteiger partial charge in [-0.25, -0.2) is 4.98 Å². The van der Waals surface area contributed by atoms with E-state index in [0.717, 1.165) is 38.2 Å². The summed E-state index contributed by atoms with van der Waals surface area (Å²) in [5.74, 6) is 2.38. The quantitative estimate of drug-likeness (QED) is 0.199. The summed E-state index contributed by atoms with van der Waals surface area (Å²) < 4.78 is 12.4. The average molecular weight is 404 g/mol. The second-order valence-corrected chi connectivity index (χ2v) is 7.34. The van der Waals surface area contributed by atoms with Crippen LogP contribution in [0.1, 0.15) is 5.56 Å². The predicted molar refractivity (Wildman–Crippen MR) is 114 cm³/mol. The first kappa shape index (κ1) is 17.4. The van der Waals surface area contributed by atoms with Crippen molar-refractivity contribution in [2.75, 3.05) is 18.5 Å². The van der Waals surface area contributed by atoms with Gasteiger partial charge in [0, 0.05) is 32.8 Å². The lowest BCUT2D eigenvalue weighted by atomic mass is 10.1. The van der Waals surface area contributed by atoms with E-state index in [1.165, 1.54) is 0 Å². The maximum atomic E-state index is 6.87. The van der Waals surface area contributed by atoms with Crippen LogP contribution < -0.4 is 20.5 Å². The van der Waals surface area contributed by atoms with Crippen molar-refractivity contribution < 1.29 is 9.47 Å². The Balaban J connectivity index is 1.61. The highest BCUT2D eigenvalue weighted by molar-refractivity contribution is 7.18. The highest BCUT2D eigenvalue weighted by Gasteiger charge is 2.14. The Morgan fingerprint density at radius 2 is 1.93 bits per heavy atom. The van der Waals surface area contributed by atoms with Crippen molar-refractivity contribution in [1.82, 2.24) is 4.98 Å². The summed E-state index contributed by atoms with van der Waals surface area (Å²) in [5.41, 5.74) is 15.1. The first-order valence-corrected chi connectivity index (χ1v) is 9.79. The van der Waals surface area contributed by atoms with Crippen LogP contribution >= 0.6 is 11.3 Å². The van der Waals surface area contributed by atoms with Crippen molar-refractivity contribution in [3.05, 3.63) is 53.4 Å². The predicted octanol–water partition coefficient (Wildman–Crippen LogP) is 4.62. The van der Waals surface area contributed by atoms with Crippen LogP contribution in [0.2, 0.25) is 0 Å². The Morgan fingerprint density at radius 1 is 1.07 bits per heavy atom. The van der Waals surface area contributed by atoms with Gasteiger partial charge >= 0.3 is 0 Å². The Morgan fingerprint density at radius 3 is 2.79 bits per heavy atom. The third-order valence-corrected chi connectivity index (χ3v) is 5.60. The lowest BCUT2D eigenvalue weighted by Gasteiger charge is -2.19. The van der Waals surface area contributed by atoms with E-state index in [1.807, 2.05) is 41.8 Å². The van der Waals surface area contributed by atoms with Crippen LogP contribution in [0.15, 0.2) is 58.2 Å². The first-order valence-electron chi connectivity index (χ1n) is 8.91. The molecular weight excluding hydrogens is 388 g/mol. The zero-order valence-corrected chi connectivity index (χ0v) is 16.0. The number of thiophene rings is 1. The Hall–Kier alpha value is -3.72. The van der Waals surface area contributed by atoms with Gasteiger partial charge in [0.15, 0.2) is 17.3 Å². The molecule has 0 radical (unpaired) electrons. The summed E-state index contributed by atoms with van der Waals surface area (Å²) in [7, 11) is 0. The monoisotopic (exact) mass is 404 g/mol. The van der Waals surface area contributed by atoms with E-state index in [4.69, 9.17) is 25.7 Å². The molecule has 8 nitrogen and oxygen atoms in total. The molecule has 4 N–H and O–H groups in total. The van der Waals surface area contributed by atoms with Crippen LogP contribution in [-0.2, 0) is 0 Å². The third-order valence-electron chi connectivity index (χ3n) is 4.65. The molecule has 144 valence electrons. The normalized spacial score (nSPS) is 13.6. The van der Waals surface area contributed by atoms with Gasteiger partial charge in [0.2, 0.25) is 0 Å². The molecule has 0 atom stereocenters. The van der Waals surface area contributed by atoms with Gasteiger partial charge in [-0.15, -0.1) is 16.4 Å². The minimum absolute atomic E-state index is 0.177. The van der Waals surface area contributed by atoms with E-state index in [9.17, 15) is 0 Å². The zero-order chi connectivity index (χ0) is 19.8. The van der Waals surface area contributed by atoms with Crippen molar-refractivity contribution in [2.45, 2.75) is 0 Å². The van der Waals surface area contributed by atoms with Crippen molar-refractivity contribution in [3.8, 4) is 11.5 Å². The number of aromatic nitrogens is 1. The van der Waals surface area contributed by atoms with Crippen LogP contribution in [0.4, 0.5) is 11.5 Å². The number of nitrogens with two attached hydrogens (primary N) is 1. The number of nitrogens with one attached hydrogen (secondary N) is 2. The SMILES string of the molecule is N=N/N=C(\N)c1ccc2c(c1)nc(Nc1ccc3c(c1)OCCO3)c1ccsc12. The molecular formula is C20H16N6O2S. The lowest BCUT2D eigenvalue weighted by molar-refractivity contribution is 0.171. The van der Waals surface area contributed by atoms with Gasteiger partial charge in [0.1, 0.15) is 19.0 Å². The fourth-order valence-electron chi connectivity index (χ4n) is 3.33. The summed E-state index contributed by atoms with van der Waals surface area (Å²) in [4.78, 5) is 4.82. The maximum absolute atomic E-state index is 6.87. The van der Waals surface area contributed by atoms with Gasteiger partial charge in [-0.1, -0.05) is 17.4 Å². The topological polar surface area (TPSA) is 118 Å². The third kappa shape index (κ3) is 3.11. The van der Waals surface area contributed by atoms with Gasteiger partial charge in [-0.05, 0) is 29.6 Å². The second kappa shape index (κ2) is 7.02. The fraction of sp³-hybridized carbons (Fsp3) is 0.100. The van der Waals surface area contributed by atoms with Crippen LogP contribution in [0.3, 0.4) is 0 Å². The molecule has 3 heterocycles. The minimum atomic E-state index is 0.177. The number of pyridine rings is 1. The van der Waals surface area contributed by atoms with Gasteiger partial charge in [-0.3, -0.25) is 0 Å². The number of benzene rings is 2. The van der Waals surface area contributed by atoms with Gasteiger partial charge < -0.3 is 20.5 Å². The standard InChI is InChI=1S/C20H16N6O2S/c21-19(25-26-22)11-1-3-13-15(9-11)24-20(14-5-8-29-18(13)14)23-12-2-4-16-17(10-12)28-7-6-27-16/h1-5,8-10H,6-7H2,(H,23,24)(H3,21,22,25).